The first-order valence-electron chi connectivity index (χ1n) is 8.23. The Bertz CT molecular complexity index is 627. The normalized spacial score (nSPS) is 15.3. The van der Waals surface area contributed by atoms with Crippen molar-refractivity contribution < 1.29 is 4.74 Å². The lowest BCUT2D eigenvalue weighted by Crippen LogP contribution is -2.28. The van der Waals surface area contributed by atoms with Gasteiger partial charge in [0.25, 0.3) is 0 Å². The number of hydrogen-bond acceptors (Lipinski definition) is 3. The summed E-state index contributed by atoms with van der Waals surface area (Å²) in [6, 6.07) is 10.5. The molecule has 1 heterocycles. The molecule has 0 N–H and O–H groups in total. The number of halogens is 1. The van der Waals surface area contributed by atoms with Crippen LogP contribution in [0.5, 0.6) is 5.75 Å². The van der Waals surface area contributed by atoms with E-state index in [0.29, 0.717) is 12.6 Å². The molecule has 2 aromatic rings. The molecule has 0 saturated heterocycles. The second-order valence-corrected chi connectivity index (χ2v) is 6.69. The fourth-order valence-corrected chi connectivity index (χ4v) is 3.39. The summed E-state index contributed by atoms with van der Waals surface area (Å²) in [5, 5.41) is 0.758. The Hall–Kier alpha value is -1.58. The highest BCUT2D eigenvalue weighted by Crippen LogP contribution is 2.28. The maximum absolute atomic E-state index is 6.19. The predicted octanol–water partition coefficient (Wildman–Crippen LogP) is 4.69. The zero-order chi connectivity index (χ0) is 16.1. The van der Waals surface area contributed by atoms with E-state index in [0.717, 1.165) is 28.4 Å². The van der Waals surface area contributed by atoms with Crippen LogP contribution >= 0.6 is 11.6 Å². The topological polar surface area (TPSA) is 25.4 Å². The summed E-state index contributed by atoms with van der Waals surface area (Å²) in [7, 11) is 2.20. The van der Waals surface area contributed by atoms with E-state index < -0.39 is 0 Å². The van der Waals surface area contributed by atoms with Crippen LogP contribution in [0, 0.1) is 0 Å². The molecule has 0 aliphatic heterocycles. The van der Waals surface area contributed by atoms with E-state index >= 15 is 0 Å². The third kappa shape index (κ3) is 4.46. The van der Waals surface area contributed by atoms with Gasteiger partial charge in [0, 0.05) is 41.1 Å². The van der Waals surface area contributed by atoms with Gasteiger partial charge < -0.3 is 4.74 Å². The first kappa shape index (κ1) is 16.3. The van der Waals surface area contributed by atoms with E-state index in [1.54, 1.807) is 6.20 Å². The van der Waals surface area contributed by atoms with Crippen LogP contribution in [0.3, 0.4) is 0 Å². The fourth-order valence-electron chi connectivity index (χ4n) is 3.20. The number of ether oxygens (including phenoxy) is 1. The van der Waals surface area contributed by atoms with Crippen molar-refractivity contribution in [3.05, 3.63) is 58.9 Å². The van der Waals surface area contributed by atoms with E-state index in [1.807, 2.05) is 36.5 Å². The number of pyridine rings is 1. The minimum absolute atomic E-state index is 0.523. The van der Waals surface area contributed by atoms with Crippen LogP contribution in [-0.4, -0.2) is 23.0 Å². The zero-order valence-electron chi connectivity index (χ0n) is 13.5. The van der Waals surface area contributed by atoms with E-state index in [2.05, 4.69) is 16.9 Å². The molecule has 23 heavy (non-hydrogen) atoms. The number of nitrogens with zero attached hydrogens (tertiary/aromatic N) is 2. The number of aromatic nitrogens is 1. The molecule has 1 aromatic carbocycles. The van der Waals surface area contributed by atoms with Gasteiger partial charge in [-0.05, 0) is 44.2 Å². The first-order valence-corrected chi connectivity index (χ1v) is 8.60. The van der Waals surface area contributed by atoms with Gasteiger partial charge in [0.15, 0.2) is 0 Å². The second kappa shape index (κ2) is 7.80. The monoisotopic (exact) mass is 330 g/mol. The van der Waals surface area contributed by atoms with Gasteiger partial charge in [-0.15, -0.1) is 0 Å². The maximum atomic E-state index is 6.19. The van der Waals surface area contributed by atoms with Gasteiger partial charge in [-0.2, -0.15) is 0 Å². The van der Waals surface area contributed by atoms with Crippen molar-refractivity contribution in [2.45, 2.75) is 44.9 Å². The lowest BCUT2D eigenvalue weighted by molar-refractivity contribution is 0.229. The molecule has 1 fully saturated rings. The van der Waals surface area contributed by atoms with Gasteiger partial charge in [-0.1, -0.05) is 30.5 Å². The Morgan fingerprint density at radius 1 is 1.26 bits per heavy atom. The molecule has 0 atom stereocenters. The standard InChI is InChI=1S/C19H23ClN2O/c1-22(18-6-2-3-7-18)13-16-11-17(20)8-9-19(16)23-14-15-5-4-10-21-12-15/h4-5,8-12,18H,2-3,6-7,13-14H2,1H3. The van der Waals surface area contributed by atoms with Crippen LogP contribution < -0.4 is 4.74 Å². The molecule has 3 nitrogen and oxygen atoms in total. The zero-order valence-corrected chi connectivity index (χ0v) is 14.3. The number of hydrogen-bond donors (Lipinski definition) is 0. The van der Waals surface area contributed by atoms with Crippen molar-refractivity contribution in [3.8, 4) is 5.75 Å². The van der Waals surface area contributed by atoms with E-state index in [-0.39, 0.29) is 0 Å². The highest BCUT2D eigenvalue weighted by molar-refractivity contribution is 6.30. The molecule has 0 bridgehead atoms. The molecular formula is C19H23ClN2O. The summed E-state index contributed by atoms with van der Waals surface area (Å²) in [6.07, 6.45) is 8.88. The van der Waals surface area contributed by atoms with Gasteiger partial charge in [0.2, 0.25) is 0 Å². The van der Waals surface area contributed by atoms with Gasteiger partial charge >= 0.3 is 0 Å². The smallest absolute Gasteiger partial charge is 0.124 e. The maximum Gasteiger partial charge on any atom is 0.124 e. The third-order valence-corrected chi connectivity index (χ3v) is 4.74. The Kier molecular flexibility index (Phi) is 5.52. The molecule has 0 spiro atoms. The molecule has 4 heteroatoms. The Labute approximate surface area is 143 Å². The lowest BCUT2D eigenvalue weighted by atomic mass is 10.1. The molecule has 1 aromatic heterocycles. The Morgan fingerprint density at radius 2 is 2.09 bits per heavy atom. The predicted molar refractivity (Wildman–Crippen MR) is 93.7 cm³/mol. The molecule has 122 valence electrons. The molecule has 1 saturated carbocycles. The number of benzene rings is 1. The van der Waals surface area contributed by atoms with Gasteiger partial charge in [-0.3, -0.25) is 9.88 Å². The van der Waals surface area contributed by atoms with Crippen molar-refractivity contribution in [2.24, 2.45) is 0 Å². The molecule has 0 amide bonds. The van der Waals surface area contributed by atoms with E-state index in [1.165, 1.54) is 25.7 Å². The summed E-state index contributed by atoms with van der Waals surface area (Å²) in [5.74, 6) is 0.906. The molecule has 1 aliphatic rings. The Morgan fingerprint density at radius 3 is 2.83 bits per heavy atom. The quantitative estimate of drug-likeness (QED) is 0.768. The van der Waals surface area contributed by atoms with E-state index in [4.69, 9.17) is 16.3 Å². The van der Waals surface area contributed by atoms with E-state index in [9.17, 15) is 0 Å². The molecule has 0 unspecified atom stereocenters. The second-order valence-electron chi connectivity index (χ2n) is 6.26. The lowest BCUT2D eigenvalue weighted by Gasteiger charge is -2.25. The summed E-state index contributed by atoms with van der Waals surface area (Å²) >= 11 is 6.19. The minimum atomic E-state index is 0.523. The summed E-state index contributed by atoms with van der Waals surface area (Å²) in [5.41, 5.74) is 2.22. The van der Waals surface area contributed by atoms with Crippen LogP contribution in [0.25, 0.3) is 0 Å². The average molecular weight is 331 g/mol. The van der Waals surface area contributed by atoms with Crippen LogP contribution in [0.2, 0.25) is 5.02 Å². The SMILES string of the molecule is CN(Cc1cc(Cl)ccc1OCc1cccnc1)C1CCCC1. The van der Waals surface area contributed by atoms with Gasteiger partial charge in [0.05, 0.1) is 0 Å². The molecular weight excluding hydrogens is 308 g/mol. The van der Waals surface area contributed by atoms with Crippen LogP contribution in [0.1, 0.15) is 36.8 Å². The highest BCUT2D eigenvalue weighted by Gasteiger charge is 2.20. The van der Waals surface area contributed by atoms with Crippen molar-refractivity contribution >= 4 is 11.6 Å². The van der Waals surface area contributed by atoms with Gasteiger partial charge in [0.1, 0.15) is 12.4 Å². The molecule has 0 radical (unpaired) electrons. The summed E-state index contributed by atoms with van der Waals surface area (Å²) in [4.78, 5) is 6.55. The number of rotatable bonds is 6. The van der Waals surface area contributed by atoms with Crippen molar-refractivity contribution in [3.63, 3.8) is 0 Å². The van der Waals surface area contributed by atoms with Crippen molar-refractivity contribution in [1.29, 1.82) is 0 Å². The van der Waals surface area contributed by atoms with Crippen LogP contribution in [-0.2, 0) is 13.2 Å². The van der Waals surface area contributed by atoms with Crippen LogP contribution in [0.4, 0.5) is 0 Å². The molecule has 3 rings (SSSR count). The summed E-state index contributed by atoms with van der Waals surface area (Å²) < 4.78 is 6.02. The van der Waals surface area contributed by atoms with Gasteiger partial charge in [-0.25, -0.2) is 0 Å². The third-order valence-electron chi connectivity index (χ3n) is 4.51. The largest absolute Gasteiger partial charge is 0.489 e. The van der Waals surface area contributed by atoms with Crippen molar-refractivity contribution in [2.75, 3.05) is 7.05 Å². The highest BCUT2D eigenvalue weighted by atomic mass is 35.5. The first-order chi connectivity index (χ1) is 11.2. The Balaban J connectivity index is 1.69. The van der Waals surface area contributed by atoms with Crippen LogP contribution in [0.15, 0.2) is 42.7 Å². The van der Waals surface area contributed by atoms with Crippen molar-refractivity contribution in [1.82, 2.24) is 9.88 Å². The summed E-state index contributed by atoms with van der Waals surface area (Å²) in [6.45, 7) is 1.39. The molecule has 1 aliphatic carbocycles. The average Bonchev–Trinajstić information content (AvgIpc) is 3.10. The minimum Gasteiger partial charge on any atom is -0.489 e. The fraction of sp³-hybridized carbons (Fsp3) is 0.421.